The third kappa shape index (κ3) is 3.66. The Labute approximate surface area is 150 Å². The molecule has 6 nitrogen and oxygen atoms in total. The Morgan fingerprint density at radius 2 is 1.81 bits per heavy atom. The lowest BCUT2D eigenvalue weighted by Crippen LogP contribution is -2.27. The van der Waals surface area contributed by atoms with E-state index in [0.717, 1.165) is 23.3 Å². The molecular formula is C18H18FN3O3S. The fourth-order valence-corrected chi connectivity index (χ4v) is 3.60. The highest BCUT2D eigenvalue weighted by Gasteiger charge is 2.16. The van der Waals surface area contributed by atoms with Gasteiger partial charge in [0.25, 0.3) is 0 Å². The first-order valence-electron chi connectivity index (χ1n) is 8.01. The Hall–Kier alpha value is -2.58. The molecule has 0 aliphatic rings. The number of hydrogen-bond acceptors (Lipinski definition) is 4. The van der Waals surface area contributed by atoms with Crippen molar-refractivity contribution in [2.24, 2.45) is 0 Å². The summed E-state index contributed by atoms with van der Waals surface area (Å²) in [6.45, 7) is 3.86. The topological polar surface area (TPSA) is 81.1 Å². The normalized spacial score (nSPS) is 11.8. The number of halogens is 1. The molecule has 1 N–H and O–H groups in total. The minimum absolute atomic E-state index is 0.0290. The van der Waals surface area contributed by atoms with Crippen LogP contribution in [0.15, 0.2) is 47.6 Å². The van der Waals surface area contributed by atoms with Gasteiger partial charge in [0.2, 0.25) is 15.9 Å². The molecule has 0 unspecified atom stereocenters. The predicted molar refractivity (Wildman–Crippen MR) is 96.0 cm³/mol. The lowest BCUT2D eigenvalue weighted by atomic mass is 10.1. The molecule has 0 saturated heterocycles. The Kier molecular flexibility index (Phi) is 4.88. The molecule has 26 heavy (non-hydrogen) atoms. The van der Waals surface area contributed by atoms with E-state index in [2.05, 4.69) is 9.71 Å². The van der Waals surface area contributed by atoms with E-state index >= 15 is 0 Å². The van der Waals surface area contributed by atoms with E-state index in [4.69, 9.17) is 0 Å². The van der Waals surface area contributed by atoms with Gasteiger partial charge in [-0.25, -0.2) is 22.5 Å². The van der Waals surface area contributed by atoms with Crippen molar-refractivity contribution in [2.75, 3.05) is 6.54 Å². The van der Waals surface area contributed by atoms with Gasteiger partial charge in [0.1, 0.15) is 12.1 Å². The second kappa shape index (κ2) is 6.97. The maximum absolute atomic E-state index is 12.9. The van der Waals surface area contributed by atoms with Crippen molar-refractivity contribution in [3.8, 4) is 0 Å². The van der Waals surface area contributed by atoms with Gasteiger partial charge in [-0.05, 0) is 61.4 Å². The third-order valence-corrected chi connectivity index (χ3v) is 5.66. The van der Waals surface area contributed by atoms with Crippen molar-refractivity contribution in [3.05, 3.63) is 59.7 Å². The third-order valence-electron chi connectivity index (χ3n) is 4.19. The van der Waals surface area contributed by atoms with Crippen LogP contribution in [-0.4, -0.2) is 30.4 Å². The number of nitrogens with one attached hydrogen (secondary N) is 1. The van der Waals surface area contributed by atoms with Gasteiger partial charge >= 0.3 is 0 Å². The fourth-order valence-electron chi connectivity index (χ4n) is 2.57. The summed E-state index contributed by atoms with van der Waals surface area (Å²) < 4.78 is 41.0. The van der Waals surface area contributed by atoms with Gasteiger partial charge in [0.15, 0.2) is 0 Å². The SMILES string of the molecule is Cc1cc2ncn(C(=O)CCNS(=O)(=O)c3ccc(F)cc3)c2cc1C. The maximum atomic E-state index is 12.9. The first kappa shape index (κ1) is 18.2. The number of nitrogens with zero attached hydrogens (tertiary/aromatic N) is 2. The van der Waals surface area contributed by atoms with Crippen molar-refractivity contribution >= 4 is 27.0 Å². The summed E-state index contributed by atoms with van der Waals surface area (Å²) in [6.07, 6.45) is 1.42. The minimum Gasteiger partial charge on any atom is -0.274 e. The molecule has 1 heterocycles. The van der Waals surface area contributed by atoms with E-state index in [0.29, 0.717) is 11.0 Å². The van der Waals surface area contributed by atoms with Gasteiger partial charge in [0.05, 0.1) is 15.9 Å². The lowest BCUT2D eigenvalue weighted by molar-refractivity contribution is 0.0909. The van der Waals surface area contributed by atoms with E-state index in [1.54, 1.807) is 0 Å². The summed E-state index contributed by atoms with van der Waals surface area (Å²) >= 11 is 0. The van der Waals surface area contributed by atoms with Gasteiger partial charge in [-0.2, -0.15) is 0 Å². The number of aromatic nitrogens is 2. The van der Waals surface area contributed by atoms with Crippen LogP contribution in [0.2, 0.25) is 0 Å². The highest BCUT2D eigenvalue weighted by Crippen LogP contribution is 2.18. The van der Waals surface area contributed by atoms with Crippen LogP contribution in [0.4, 0.5) is 4.39 Å². The van der Waals surface area contributed by atoms with Gasteiger partial charge in [-0.1, -0.05) is 0 Å². The zero-order chi connectivity index (χ0) is 18.9. The summed E-state index contributed by atoms with van der Waals surface area (Å²) in [5.41, 5.74) is 3.54. The fraction of sp³-hybridized carbons (Fsp3) is 0.222. The van der Waals surface area contributed by atoms with Crippen molar-refractivity contribution in [2.45, 2.75) is 25.2 Å². The molecule has 0 saturated carbocycles. The van der Waals surface area contributed by atoms with Gasteiger partial charge in [0, 0.05) is 13.0 Å². The molecule has 2 aromatic carbocycles. The van der Waals surface area contributed by atoms with Crippen LogP contribution in [0.3, 0.4) is 0 Å². The largest absolute Gasteiger partial charge is 0.274 e. The molecule has 0 aliphatic heterocycles. The molecule has 0 radical (unpaired) electrons. The number of aryl methyl sites for hydroxylation is 2. The summed E-state index contributed by atoms with van der Waals surface area (Å²) in [6, 6.07) is 8.29. The summed E-state index contributed by atoms with van der Waals surface area (Å²) in [7, 11) is -3.79. The molecule has 0 aliphatic carbocycles. The standard InChI is InChI=1S/C18H18FN3O3S/c1-12-9-16-17(10-13(12)2)22(11-20-16)18(23)7-8-21-26(24,25)15-5-3-14(19)4-6-15/h3-6,9-11,21H,7-8H2,1-2H3. The Morgan fingerprint density at radius 1 is 1.15 bits per heavy atom. The molecule has 0 fully saturated rings. The molecule has 1 aromatic heterocycles. The van der Waals surface area contributed by atoms with Gasteiger partial charge in [-0.3, -0.25) is 9.36 Å². The van der Waals surface area contributed by atoms with Crippen LogP contribution in [-0.2, 0) is 10.0 Å². The van der Waals surface area contributed by atoms with Crippen molar-refractivity contribution in [1.82, 2.24) is 14.3 Å². The van der Waals surface area contributed by atoms with Crippen LogP contribution in [0.5, 0.6) is 0 Å². The second-order valence-corrected chi connectivity index (χ2v) is 7.80. The molecule has 136 valence electrons. The average Bonchev–Trinajstić information content (AvgIpc) is 2.98. The van der Waals surface area contributed by atoms with Crippen LogP contribution >= 0.6 is 0 Å². The van der Waals surface area contributed by atoms with Crippen LogP contribution in [0.25, 0.3) is 11.0 Å². The first-order valence-corrected chi connectivity index (χ1v) is 9.49. The van der Waals surface area contributed by atoms with E-state index in [-0.39, 0.29) is 23.8 Å². The summed E-state index contributed by atoms with van der Waals surface area (Å²) in [5, 5.41) is 0. The van der Waals surface area contributed by atoms with Crippen LogP contribution < -0.4 is 4.72 Å². The lowest BCUT2D eigenvalue weighted by Gasteiger charge is -2.08. The number of rotatable bonds is 5. The minimum atomic E-state index is -3.79. The molecule has 0 atom stereocenters. The van der Waals surface area contributed by atoms with Crippen molar-refractivity contribution < 1.29 is 17.6 Å². The number of benzene rings is 2. The van der Waals surface area contributed by atoms with Crippen molar-refractivity contribution in [3.63, 3.8) is 0 Å². The van der Waals surface area contributed by atoms with Crippen molar-refractivity contribution in [1.29, 1.82) is 0 Å². The van der Waals surface area contributed by atoms with Gasteiger partial charge in [-0.15, -0.1) is 0 Å². The number of carbonyl (C=O) groups excluding carboxylic acids is 1. The smallest absolute Gasteiger partial charge is 0.240 e. The highest BCUT2D eigenvalue weighted by atomic mass is 32.2. The molecular weight excluding hydrogens is 357 g/mol. The zero-order valence-electron chi connectivity index (χ0n) is 14.4. The first-order chi connectivity index (χ1) is 12.3. The predicted octanol–water partition coefficient (Wildman–Crippen LogP) is 2.80. The van der Waals surface area contributed by atoms with Crippen LogP contribution in [0.1, 0.15) is 22.3 Å². The highest BCUT2D eigenvalue weighted by molar-refractivity contribution is 7.89. The molecule has 0 spiro atoms. The molecule has 8 heteroatoms. The second-order valence-electron chi connectivity index (χ2n) is 6.04. The van der Waals surface area contributed by atoms with Gasteiger partial charge < -0.3 is 0 Å². The number of sulfonamides is 1. The zero-order valence-corrected chi connectivity index (χ0v) is 15.2. The van der Waals surface area contributed by atoms with Crippen LogP contribution in [0, 0.1) is 19.7 Å². The number of hydrogen-bond donors (Lipinski definition) is 1. The summed E-state index contributed by atoms with van der Waals surface area (Å²) in [4.78, 5) is 16.6. The van der Waals surface area contributed by atoms with E-state index in [1.165, 1.54) is 23.0 Å². The number of imidazole rings is 1. The number of carbonyl (C=O) groups is 1. The molecule has 3 aromatic rings. The average molecular weight is 375 g/mol. The Bertz CT molecular complexity index is 1070. The van der Waals surface area contributed by atoms with E-state index in [9.17, 15) is 17.6 Å². The molecule has 3 rings (SSSR count). The maximum Gasteiger partial charge on any atom is 0.240 e. The Balaban J connectivity index is 1.69. The molecule has 0 bridgehead atoms. The van der Waals surface area contributed by atoms with E-state index < -0.39 is 15.8 Å². The molecule has 0 amide bonds. The monoisotopic (exact) mass is 375 g/mol. The summed E-state index contributed by atoms with van der Waals surface area (Å²) in [5.74, 6) is -0.783. The van der Waals surface area contributed by atoms with E-state index in [1.807, 2.05) is 26.0 Å². The quantitative estimate of drug-likeness (QED) is 0.744. The Morgan fingerprint density at radius 3 is 2.50 bits per heavy atom. The number of fused-ring (bicyclic) bond motifs is 1.